The number of hydrogen-bond acceptors (Lipinski definition) is 6. The van der Waals surface area contributed by atoms with Gasteiger partial charge in [0.1, 0.15) is 5.82 Å². The number of nitrogens with two attached hydrogens (primary N) is 1. The van der Waals surface area contributed by atoms with E-state index in [0.717, 1.165) is 4.52 Å². The smallest absolute Gasteiger partial charge is 0.394 e. The Kier molecular flexibility index (Phi) is 3.68. The van der Waals surface area contributed by atoms with E-state index in [1.165, 1.54) is 0 Å². The average Bonchev–Trinajstić information content (AvgIpc) is 2.91. The van der Waals surface area contributed by atoms with Gasteiger partial charge in [0.15, 0.2) is 0 Å². The number of nitrogens with zero attached hydrogens (tertiary/aromatic N) is 5. The molecule has 126 valence electrons. The number of fused-ring (bicyclic) bond motifs is 1. The number of halogens is 3. The Bertz CT molecular complexity index is 720. The maximum Gasteiger partial charge on any atom is 0.453 e. The summed E-state index contributed by atoms with van der Waals surface area (Å²) in [4.78, 5) is 9.36. The summed E-state index contributed by atoms with van der Waals surface area (Å²) in [5.41, 5.74) is 5.94. The predicted molar refractivity (Wildman–Crippen MR) is 76.0 cm³/mol. The monoisotopic (exact) mass is 330 g/mol. The van der Waals surface area contributed by atoms with E-state index < -0.39 is 17.5 Å². The molecule has 0 aliphatic carbocycles. The van der Waals surface area contributed by atoms with Crippen LogP contribution in [-0.2, 0) is 6.18 Å². The first kappa shape index (κ1) is 15.9. The van der Waals surface area contributed by atoms with Crippen molar-refractivity contribution in [1.29, 1.82) is 0 Å². The van der Waals surface area contributed by atoms with E-state index in [4.69, 9.17) is 5.73 Å². The fourth-order valence-electron chi connectivity index (χ4n) is 2.65. The first-order valence-corrected chi connectivity index (χ1v) is 7.18. The van der Waals surface area contributed by atoms with E-state index in [0.29, 0.717) is 37.4 Å². The van der Waals surface area contributed by atoms with Gasteiger partial charge >= 0.3 is 6.18 Å². The molecule has 2 aromatic heterocycles. The van der Waals surface area contributed by atoms with Crippen molar-refractivity contribution in [2.45, 2.75) is 31.5 Å². The van der Waals surface area contributed by atoms with Gasteiger partial charge < -0.3 is 15.7 Å². The van der Waals surface area contributed by atoms with Crippen molar-refractivity contribution < 1.29 is 18.3 Å². The normalized spacial score (nSPS) is 18.6. The standard InChI is InChI=1S/C13H17F3N6O/c1-8-6-9(21-4-2-12(17,7-23)3-5-21)22-11(18-8)19-10(20-22)13(14,15)16/h6,23H,2-5,7,17H2,1H3. The summed E-state index contributed by atoms with van der Waals surface area (Å²) in [7, 11) is 0. The summed E-state index contributed by atoms with van der Waals surface area (Å²) in [5.74, 6) is -0.799. The van der Waals surface area contributed by atoms with E-state index in [9.17, 15) is 18.3 Å². The lowest BCUT2D eigenvalue weighted by Crippen LogP contribution is -2.53. The van der Waals surface area contributed by atoms with Crippen LogP contribution in [0.25, 0.3) is 5.78 Å². The quantitative estimate of drug-likeness (QED) is 0.844. The first-order chi connectivity index (χ1) is 10.7. The first-order valence-electron chi connectivity index (χ1n) is 7.18. The number of hydrogen-bond donors (Lipinski definition) is 2. The molecule has 1 aliphatic rings. The largest absolute Gasteiger partial charge is 0.453 e. The van der Waals surface area contributed by atoms with Crippen LogP contribution in [0.2, 0.25) is 0 Å². The van der Waals surface area contributed by atoms with Crippen LogP contribution in [0.1, 0.15) is 24.4 Å². The van der Waals surface area contributed by atoms with E-state index in [2.05, 4.69) is 15.1 Å². The van der Waals surface area contributed by atoms with Gasteiger partial charge in [-0.15, -0.1) is 5.10 Å². The zero-order valence-corrected chi connectivity index (χ0v) is 12.5. The van der Waals surface area contributed by atoms with E-state index in [1.807, 2.05) is 4.90 Å². The maximum atomic E-state index is 12.8. The third kappa shape index (κ3) is 2.95. The SMILES string of the molecule is Cc1cc(N2CCC(N)(CO)CC2)n2nc(C(F)(F)F)nc2n1. The van der Waals surface area contributed by atoms with Gasteiger partial charge in [-0.2, -0.15) is 22.7 Å². The zero-order chi connectivity index (χ0) is 16.8. The van der Waals surface area contributed by atoms with E-state index in [1.54, 1.807) is 13.0 Å². The molecule has 0 aromatic carbocycles. The van der Waals surface area contributed by atoms with Gasteiger partial charge in [0, 0.05) is 30.4 Å². The molecule has 0 atom stereocenters. The molecule has 10 heteroatoms. The molecule has 0 amide bonds. The van der Waals surface area contributed by atoms with Crippen LogP contribution in [0.5, 0.6) is 0 Å². The predicted octanol–water partition coefficient (Wildman–Crippen LogP) is 0.742. The third-order valence-electron chi connectivity index (χ3n) is 4.07. The minimum atomic E-state index is -4.62. The van der Waals surface area contributed by atoms with Crippen molar-refractivity contribution in [3.63, 3.8) is 0 Å². The lowest BCUT2D eigenvalue weighted by atomic mass is 9.89. The number of alkyl halides is 3. The Morgan fingerprint density at radius 2 is 1.96 bits per heavy atom. The van der Waals surface area contributed by atoms with Crippen molar-refractivity contribution >= 4 is 11.6 Å². The van der Waals surface area contributed by atoms with Crippen LogP contribution in [0, 0.1) is 6.92 Å². The lowest BCUT2D eigenvalue weighted by molar-refractivity contribution is -0.144. The van der Waals surface area contributed by atoms with Crippen molar-refractivity contribution in [2.24, 2.45) is 5.73 Å². The molecule has 0 spiro atoms. The highest BCUT2D eigenvalue weighted by Crippen LogP contribution is 2.29. The molecule has 3 N–H and O–H groups in total. The highest BCUT2D eigenvalue weighted by molar-refractivity contribution is 5.48. The number of piperidine rings is 1. The molecule has 3 rings (SSSR count). The summed E-state index contributed by atoms with van der Waals surface area (Å²) in [6.45, 7) is 2.59. The Hall–Kier alpha value is -1.94. The number of rotatable bonds is 2. The van der Waals surface area contributed by atoms with Crippen LogP contribution in [0.15, 0.2) is 6.07 Å². The van der Waals surface area contributed by atoms with Gasteiger partial charge in [-0.3, -0.25) is 0 Å². The molecular formula is C13H17F3N6O. The Morgan fingerprint density at radius 3 is 2.52 bits per heavy atom. The molecule has 1 aliphatic heterocycles. The number of aryl methyl sites for hydroxylation is 1. The van der Waals surface area contributed by atoms with Crippen LogP contribution in [0.3, 0.4) is 0 Å². The molecule has 23 heavy (non-hydrogen) atoms. The zero-order valence-electron chi connectivity index (χ0n) is 12.5. The Balaban J connectivity index is 1.99. The molecule has 0 unspecified atom stereocenters. The summed E-state index contributed by atoms with van der Waals surface area (Å²) in [6.07, 6.45) is -3.55. The second-order valence-corrected chi connectivity index (χ2v) is 5.91. The van der Waals surface area contributed by atoms with Crippen molar-refractivity contribution in [1.82, 2.24) is 19.6 Å². The van der Waals surface area contributed by atoms with Crippen LogP contribution in [-0.4, -0.2) is 49.9 Å². The maximum absolute atomic E-state index is 12.8. The molecule has 7 nitrogen and oxygen atoms in total. The highest BCUT2D eigenvalue weighted by atomic mass is 19.4. The minimum Gasteiger partial charge on any atom is -0.394 e. The van der Waals surface area contributed by atoms with Crippen molar-refractivity contribution in [3.05, 3.63) is 17.6 Å². The lowest BCUT2D eigenvalue weighted by Gasteiger charge is -2.38. The van der Waals surface area contributed by atoms with Crippen molar-refractivity contribution in [3.8, 4) is 0 Å². The summed E-state index contributed by atoms with van der Waals surface area (Å²) < 4.78 is 39.6. The average molecular weight is 330 g/mol. The highest BCUT2D eigenvalue weighted by Gasteiger charge is 2.37. The van der Waals surface area contributed by atoms with Gasteiger partial charge in [-0.05, 0) is 19.8 Å². The topological polar surface area (TPSA) is 92.6 Å². The number of aliphatic hydroxyl groups is 1. The Morgan fingerprint density at radius 1 is 1.30 bits per heavy atom. The molecular weight excluding hydrogens is 313 g/mol. The van der Waals surface area contributed by atoms with Crippen LogP contribution >= 0.6 is 0 Å². The third-order valence-corrected chi connectivity index (χ3v) is 4.07. The van der Waals surface area contributed by atoms with Crippen LogP contribution in [0.4, 0.5) is 19.0 Å². The summed E-state index contributed by atoms with van der Waals surface area (Å²) >= 11 is 0. The fourth-order valence-corrected chi connectivity index (χ4v) is 2.65. The molecule has 0 bridgehead atoms. The number of aliphatic hydroxyl groups excluding tert-OH is 1. The van der Waals surface area contributed by atoms with E-state index in [-0.39, 0.29) is 12.4 Å². The van der Waals surface area contributed by atoms with Crippen LogP contribution < -0.4 is 10.6 Å². The Labute approximate surface area is 129 Å². The number of aromatic nitrogens is 4. The fraction of sp³-hybridized carbons (Fsp3) is 0.615. The second kappa shape index (κ2) is 5.31. The van der Waals surface area contributed by atoms with Gasteiger partial charge in [0.2, 0.25) is 0 Å². The molecule has 0 radical (unpaired) electrons. The van der Waals surface area contributed by atoms with Gasteiger partial charge in [-0.1, -0.05) is 0 Å². The minimum absolute atomic E-state index is 0.0842. The molecule has 1 saturated heterocycles. The number of anilines is 1. The van der Waals surface area contributed by atoms with Gasteiger partial charge in [-0.25, -0.2) is 4.98 Å². The summed E-state index contributed by atoms with van der Waals surface area (Å²) in [5, 5.41) is 12.9. The molecule has 2 aromatic rings. The molecule has 3 heterocycles. The molecule has 0 saturated carbocycles. The second-order valence-electron chi connectivity index (χ2n) is 5.91. The van der Waals surface area contributed by atoms with Crippen molar-refractivity contribution in [2.75, 3.05) is 24.6 Å². The van der Waals surface area contributed by atoms with Gasteiger partial charge in [0.05, 0.1) is 6.61 Å². The van der Waals surface area contributed by atoms with Gasteiger partial charge in [0.25, 0.3) is 11.6 Å². The summed E-state index contributed by atoms with van der Waals surface area (Å²) in [6, 6.07) is 1.67. The van der Waals surface area contributed by atoms with E-state index >= 15 is 0 Å². The molecule has 1 fully saturated rings.